The molecule has 1 aliphatic heterocycles. The minimum absolute atomic E-state index is 0.0155. The Kier molecular flexibility index (Phi) is 4.42. The highest BCUT2D eigenvalue weighted by molar-refractivity contribution is 6.28. The van der Waals surface area contributed by atoms with Gasteiger partial charge in [0.1, 0.15) is 17.0 Å². The Labute approximate surface area is 155 Å². The molecule has 3 heterocycles. The predicted octanol–water partition coefficient (Wildman–Crippen LogP) is 3.33. The summed E-state index contributed by atoms with van der Waals surface area (Å²) in [7, 11) is 0. The summed E-state index contributed by atoms with van der Waals surface area (Å²) < 4.78 is 20.3. The molecule has 8 heteroatoms. The third kappa shape index (κ3) is 3.08. The fourth-order valence-corrected chi connectivity index (χ4v) is 3.15. The number of aromatic nitrogens is 4. The Balaban J connectivity index is 1.83. The van der Waals surface area contributed by atoms with Gasteiger partial charge in [-0.2, -0.15) is 4.98 Å². The van der Waals surface area contributed by atoms with Crippen molar-refractivity contribution in [1.29, 1.82) is 0 Å². The first-order valence-corrected chi connectivity index (χ1v) is 8.72. The molecule has 0 radical (unpaired) electrons. The van der Waals surface area contributed by atoms with E-state index in [1.807, 2.05) is 19.9 Å². The van der Waals surface area contributed by atoms with Crippen LogP contribution in [0, 0.1) is 19.7 Å². The number of nitrogens with zero attached hydrogens (tertiary/aromatic N) is 5. The van der Waals surface area contributed by atoms with Crippen molar-refractivity contribution in [3.8, 4) is 11.3 Å². The van der Waals surface area contributed by atoms with Crippen LogP contribution in [0.1, 0.15) is 11.4 Å². The Bertz CT molecular complexity index is 991. The van der Waals surface area contributed by atoms with Crippen LogP contribution in [-0.4, -0.2) is 46.2 Å². The molecule has 1 aliphatic rings. The SMILES string of the molecule is Cc1nc2nc(Cl)nc(-c3ccc(N4CCOCC4)cc3F)c2nc1C. The minimum Gasteiger partial charge on any atom is -0.378 e. The van der Waals surface area contributed by atoms with Crippen LogP contribution in [0.4, 0.5) is 10.1 Å². The van der Waals surface area contributed by atoms with Gasteiger partial charge in [0.05, 0.1) is 24.6 Å². The largest absolute Gasteiger partial charge is 0.378 e. The highest BCUT2D eigenvalue weighted by Gasteiger charge is 2.18. The van der Waals surface area contributed by atoms with Gasteiger partial charge in [-0.3, -0.25) is 0 Å². The number of halogens is 2. The summed E-state index contributed by atoms with van der Waals surface area (Å²) in [4.78, 5) is 19.3. The molecule has 2 aromatic heterocycles. The second-order valence-corrected chi connectivity index (χ2v) is 6.51. The Morgan fingerprint density at radius 1 is 1.04 bits per heavy atom. The van der Waals surface area contributed by atoms with Crippen LogP contribution < -0.4 is 4.90 Å². The van der Waals surface area contributed by atoms with Gasteiger partial charge in [0.15, 0.2) is 5.65 Å². The minimum atomic E-state index is -0.384. The van der Waals surface area contributed by atoms with E-state index >= 15 is 0 Å². The molecule has 0 saturated carbocycles. The zero-order valence-electron chi connectivity index (χ0n) is 14.5. The van der Waals surface area contributed by atoms with Crippen LogP contribution in [0.25, 0.3) is 22.4 Å². The number of fused-ring (bicyclic) bond motifs is 1. The average Bonchev–Trinajstić information content (AvgIpc) is 2.63. The fraction of sp³-hybridized carbons (Fsp3) is 0.333. The quantitative estimate of drug-likeness (QED) is 0.642. The number of aryl methyl sites for hydroxylation is 2. The highest BCUT2D eigenvalue weighted by Crippen LogP contribution is 2.30. The van der Waals surface area contributed by atoms with Crippen molar-refractivity contribution in [2.75, 3.05) is 31.2 Å². The van der Waals surface area contributed by atoms with E-state index in [0.29, 0.717) is 35.6 Å². The van der Waals surface area contributed by atoms with Gasteiger partial charge in [0, 0.05) is 24.3 Å². The number of benzene rings is 1. The standard InChI is InChI=1S/C18H17ClFN5O/c1-10-11(2)22-17-16(21-10)15(23-18(19)24-17)13-4-3-12(9-14(13)20)25-5-7-26-8-6-25/h3-4,9H,5-8H2,1-2H3. The number of ether oxygens (including phenoxy) is 1. The molecule has 0 aliphatic carbocycles. The third-order valence-corrected chi connectivity index (χ3v) is 4.67. The Morgan fingerprint density at radius 3 is 2.50 bits per heavy atom. The molecule has 134 valence electrons. The molecule has 0 bridgehead atoms. The van der Waals surface area contributed by atoms with Crippen molar-refractivity contribution < 1.29 is 9.13 Å². The second-order valence-electron chi connectivity index (χ2n) is 6.17. The molecule has 6 nitrogen and oxygen atoms in total. The van der Waals surface area contributed by atoms with Crippen molar-refractivity contribution in [1.82, 2.24) is 19.9 Å². The predicted molar refractivity (Wildman–Crippen MR) is 98.0 cm³/mol. The van der Waals surface area contributed by atoms with E-state index in [1.54, 1.807) is 6.07 Å². The lowest BCUT2D eigenvalue weighted by Crippen LogP contribution is -2.36. The van der Waals surface area contributed by atoms with Gasteiger partial charge >= 0.3 is 0 Å². The van der Waals surface area contributed by atoms with Crippen LogP contribution in [0.2, 0.25) is 5.28 Å². The highest BCUT2D eigenvalue weighted by atomic mass is 35.5. The maximum Gasteiger partial charge on any atom is 0.225 e. The molecule has 0 N–H and O–H groups in total. The molecule has 1 fully saturated rings. The van der Waals surface area contributed by atoms with Gasteiger partial charge in [-0.25, -0.2) is 19.3 Å². The van der Waals surface area contributed by atoms with Crippen molar-refractivity contribution in [2.24, 2.45) is 0 Å². The van der Waals surface area contributed by atoms with Gasteiger partial charge in [0.2, 0.25) is 5.28 Å². The van der Waals surface area contributed by atoms with E-state index in [0.717, 1.165) is 30.2 Å². The first-order valence-electron chi connectivity index (χ1n) is 8.34. The molecule has 0 amide bonds. The molecule has 26 heavy (non-hydrogen) atoms. The molecule has 4 rings (SSSR count). The first kappa shape index (κ1) is 17.1. The topological polar surface area (TPSA) is 64.0 Å². The van der Waals surface area contributed by atoms with Gasteiger partial charge in [-0.1, -0.05) is 0 Å². The van der Waals surface area contributed by atoms with E-state index in [9.17, 15) is 4.39 Å². The summed E-state index contributed by atoms with van der Waals surface area (Å²) in [6, 6.07) is 5.09. The van der Waals surface area contributed by atoms with Crippen LogP contribution in [0.15, 0.2) is 18.2 Å². The Hall–Kier alpha value is -2.38. The van der Waals surface area contributed by atoms with Gasteiger partial charge < -0.3 is 9.64 Å². The van der Waals surface area contributed by atoms with Crippen LogP contribution in [0.5, 0.6) is 0 Å². The Morgan fingerprint density at radius 2 is 1.77 bits per heavy atom. The zero-order valence-corrected chi connectivity index (χ0v) is 15.2. The van der Waals surface area contributed by atoms with Gasteiger partial charge in [-0.15, -0.1) is 0 Å². The monoisotopic (exact) mass is 373 g/mol. The molecular weight excluding hydrogens is 357 g/mol. The van der Waals surface area contributed by atoms with Gasteiger partial charge in [0.25, 0.3) is 0 Å². The van der Waals surface area contributed by atoms with Crippen LogP contribution in [0.3, 0.4) is 0 Å². The number of morpholine rings is 1. The molecule has 1 saturated heterocycles. The summed E-state index contributed by atoms with van der Waals surface area (Å²) in [6.45, 7) is 6.46. The average molecular weight is 374 g/mol. The zero-order chi connectivity index (χ0) is 18.3. The third-order valence-electron chi connectivity index (χ3n) is 4.50. The van der Waals surface area contributed by atoms with Crippen molar-refractivity contribution in [2.45, 2.75) is 13.8 Å². The number of hydrogen-bond acceptors (Lipinski definition) is 6. The summed E-state index contributed by atoms with van der Waals surface area (Å²) >= 11 is 6.04. The van der Waals surface area contributed by atoms with Crippen LogP contribution >= 0.6 is 11.6 Å². The van der Waals surface area contributed by atoms with Gasteiger partial charge in [-0.05, 0) is 43.6 Å². The van der Waals surface area contributed by atoms with Crippen molar-refractivity contribution in [3.63, 3.8) is 0 Å². The second kappa shape index (κ2) is 6.74. The molecule has 0 atom stereocenters. The van der Waals surface area contributed by atoms with Crippen molar-refractivity contribution in [3.05, 3.63) is 40.7 Å². The van der Waals surface area contributed by atoms with Crippen LogP contribution in [-0.2, 0) is 4.74 Å². The smallest absolute Gasteiger partial charge is 0.225 e. The number of rotatable bonds is 2. The maximum absolute atomic E-state index is 14.9. The lowest BCUT2D eigenvalue weighted by atomic mass is 10.1. The first-order chi connectivity index (χ1) is 12.5. The van der Waals surface area contributed by atoms with Crippen molar-refractivity contribution >= 4 is 28.5 Å². The lowest BCUT2D eigenvalue weighted by molar-refractivity contribution is 0.122. The number of hydrogen-bond donors (Lipinski definition) is 0. The fourth-order valence-electron chi connectivity index (χ4n) is 2.99. The molecule has 1 aromatic carbocycles. The lowest BCUT2D eigenvalue weighted by Gasteiger charge is -2.29. The normalized spacial score (nSPS) is 14.8. The van der Waals surface area contributed by atoms with E-state index < -0.39 is 0 Å². The maximum atomic E-state index is 14.9. The molecule has 0 unspecified atom stereocenters. The molecule has 3 aromatic rings. The summed E-state index contributed by atoms with van der Waals surface area (Å²) in [6.07, 6.45) is 0. The van der Waals surface area contributed by atoms with E-state index in [-0.39, 0.29) is 11.1 Å². The van der Waals surface area contributed by atoms with E-state index in [1.165, 1.54) is 6.07 Å². The van der Waals surface area contributed by atoms with E-state index in [2.05, 4.69) is 24.8 Å². The summed E-state index contributed by atoms with van der Waals surface area (Å²) in [5, 5.41) is 0.0155. The molecule has 0 spiro atoms. The molecular formula is C18H17ClFN5O. The van der Waals surface area contributed by atoms with E-state index in [4.69, 9.17) is 16.3 Å². The summed E-state index contributed by atoms with van der Waals surface area (Å²) in [5.74, 6) is -0.384. The summed E-state index contributed by atoms with van der Waals surface area (Å²) in [5.41, 5.74) is 3.79. The number of anilines is 1.